The summed E-state index contributed by atoms with van der Waals surface area (Å²) in [7, 11) is 0. The molecule has 3 aromatic carbocycles. The van der Waals surface area contributed by atoms with Crippen LogP contribution in [-0.2, 0) is 19.1 Å². The van der Waals surface area contributed by atoms with Crippen LogP contribution in [0.5, 0.6) is 11.5 Å². The second kappa shape index (κ2) is 13.0. The molecular weight excluding hydrogens is 515 g/mol. The molecule has 2 N–H and O–H groups in total. The number of benzene rings is 3. The van der Waals surface area contributed by atoms with Gasteiger partial charge in [0.1, 0.15) is 11.5 Å². The van der Waals surface area contributed by atoms with Gasteiger partial charge in [-0.15, -0.1) is 0 Å². The van der Waals surface area contributed by atoms with Crippen LogP contribution in [0.4, 0.5) is 11.4 Å². The molecule has 0 saturated heterocycles. The average Bonchev–Trinajstić information content (AvgIpc) is 2.82. The van der Waals surface area contributed by atoms with Crippen molar-refractivity contribution < 1.29 is 23.9 Å². The van der Waals surface area contributed by atoms with Gasteiger partial charge in [-0.25, -0.2) is 0 Å². The van der Waals surface area contributed by atoms with Crippen molar-refractivity contribution in [2.24, 2.45) is 0 Å². The highest BCUT2D eigenvalue weighted by Crippen LogP contribution is 2.29. The summed E-state index contributed by atoms with van der Waals surface area (Å²) >= 11 is 17.9. The first kappa shape index (κ1) is 26.3. The zero-order chi connectivity index (χ0) is 25.2. The molecule has 182 valence electrons. The van der Waals surface area contributed by atoms with E-state index in [1.807, 2.05) is 12.1 Å². The Hall–Kier alpha value is -3.26. The summed E-state index contributed by atoms with van der Waals surface area (Å²) in [5.41, 5.74) is 0.943. The van der Waals surface area contributed by atoms with Crippen molar-refractivity contribution in [1.82, 2.24) is 0 Å². The summed E-state index contributed by atoms with van der Waals surface area (Å²) in [5.74, 6) is -0.281. The van der Waals surface area contributed by atoms with Gasteiger partial charge in [0.2, 0.25) is 5.91 Å². The molecule has 0 aromatic heterocycles. The molecule has 0 heterocycles. The molecule has 0 fully saturated rings. The Bertz CT molecular complexity index is 1200. The SMILES string of the molecule is O=C(CCCC(=O)OCC(=O)Nc1ccc(Cl)cc1Cl)Nc1ccc(Oc2ccccc2Cl)cc1. The first-order valence-corrected chi connectivity index (χ1v) is 11.7. The predicted octanol–water partition coefficient (Wildman–Crippen LogP) is 6.73. The zero-order valence-corrected chi connectivity index (χ0v) is 20.6. The lowest BCUT2D eigenvalue weighted by Gasteiger charge is -2.09. The molecule has 0 bridgehead atoms. The van der Waals surface area contributed by atoms with E-state index in [1.165, 1.54) is 6.07 Å². The summed E-state index contributed by atoms with van der Waals surface area (Å²) in [4.78, 5) is 35.9. The van der Waals surface area contributed by atoms with Gasteiger partial charge in [0.15, 0.2) is 6.61 Å². The molecule has 0 aliphatic rings. The van der Waals surface area contributed by atoms with Crippen LogP contribution in [0.1, 0.15) is 19.3 Å². The molecule has 3 aromatic rings. The number of esters is 1. The maximum Gasteiger partial charge on any atom is 0.306 e. The van der Waals surface area contributed by atoms with Crippen LogP contribution < -0.4 is 15.4 Å². The number of halogens is 3. The Balaban J connectivity index is 1.34. The van der Waals surface area contributed by atoms with Gasteiger partial charge in [0.05, 0.1) is 15.7 Å². The van der Waals surface area contributed by atoms with Crippen LogP contribution in [-0.4, -0.2) is 24.4 Å². The number of anilines is 2. The number of nitrogens with one attached hydrogen (secondary N) is 2. The lowest BCUT2D eigenvalue weighted by Crippen LogP contribution is -2.21. The van der Waals surface area contributed by atoms with Gasteiger partial charge in [-0.3, -0.25) is 14.4 Å². The van der Waals surface area contributed by atoms with Crippen molar-refractivity contribution >= 4 is 64.0 Å². The molecule has 0 unspecified atom stereocenters. The summed E-state index contributed by atoms with van der Waals surface area (Å²) in [6.45, 7) is -0.466. The van der Waals surface area contributed by atoms with Crippen LogP contribution in [0.2, 0.25) is 15.1 Å². The number of rotatable bonds is 10. The van der Waals surface area contributed by atoms with Crippen LogP contribution in [0.25, 0.3) is 0 Å². The van der Waals surface area contributed by atoms with Gasteiger partial charge in [0.25, 0.3) is 5.91 Å². The number of para-hydroxylation sites is 1. The molecule has 0 atom stereocenters. The predicted molar refractivity (Wildman–Crippen MR) is 136 cm³/mol. The van der Waals surface area contributed by atoms with E-state index >= 15 is 0 Å². The number of hydrogen-bond donors (Lipinski definition) is 2. The minimum Gasteiger partial charge on any atom is -0.456 e. The third-order valence-corrected chi connectivity index (χ3v) is 5.42. The molecule has 0 aliphatic heterocycles. The summed E-state index contributed by atoms with van der Waals surface area (Å²) < 4.78 is 10.6. The fourth-order valence-electron chi connectivity index (χ4n) is 2.87. The van der Waals surface area contributed by atoms with Crippen LogP contribution in [0, 0.1) is 0 Å². The fraction of sp³-hybridized carbons (Fsp3) is 0.160. The van der Waals surface area contributed by atoms with Gasteiger partial charge in [-0.1, -0.05) is 46.9 Å². The van der Waals surface area contributed by atoms with E-state index in [2.05, 4.69) is 10.6 Å². The van der Waals surface area contributed by atoms with Crippen LogP contribution in [0.3, 0.4) is 0 Å². The summed E-state index contributed by atoms with van der Waals surface area (Å²) in [6, 6.07) is 18.5. The molecule has 2 amide bonds. The van der Waals surface area contributed by atoms with Gasteiger partial charge in [0, 0.05) is 23.6 Å². The maximum atomic E-state index is 12.1. The van der Waals surface area contributed by atoms with Crippen molar-refractivity contribution in [3.05, 3.63) is 81.8 Å². The van der Waals surface area contributed by atoms with Crippen molar-refractivity contribution in [2.75, 3.05) is 17.2 Å². The topological polar surface area (TPSA) is 93.7 Å². The minimum absolute atomic E-state index is 0.00693. The fourth-order valence-corrected chi connectivity index (χ4v) is 3.50. The highest BCUT2D eigenvalue weighted by atomic mass is 35.5. The standard InChI is InChI=1S/C25H21Cl3N2O5/c26-16-8-13-21(20(28)14-16)30-24(32)15-34-25(33)7-3-6-23(31)29-17-9-11-18(12-10-17)35-22-5-2-1-4-19(22)27/h1-2,4-5,8-14H,3,6-7,15H2,(H,29,31)(H,30,32). The molecule has 3 rings (SSSR count). The lowest BCUT2D eigenvalue weighted by atomic mass is 10.2. The first-order valence-electron chi connectivity index (χ1n) is 10.5. The largest absolute Gasteiger partial charge is 0.456 e. The van der Waals surface area contributed by atoms with Crippen molar-refractivity contribution in [2.45, 2.75) is 19.3 Å². The Morgan fingerprint density at radius 2 is 1.51 bits per heavy atom. The quantitative estimate of drug-likeness (QED) is 0.281. The maximum absolute atomic E-state index is 12.1. The van der Waals surface area contributed by atoms with E-state index in [4.69, 9.17) is 44.3 Å². The normalized spacial score (nSPS) is 10.4. The second-order valence-electron chi connectivity index (χ2n) is 7.29. The molecule has 10 heteroatoms. The third-order valence-electron chi connectivity index (χ3n) is 4.56. The number of amides is 2. The molecule has 0 saturated carbocycles. The van der Waals surface area contributed by atoms with Gasteiger partial charge < -0.3 is 20.1 Å². The van der Waals surface area contributed by atoms with Gasteiger partial charge in [-0.2, -0.15) is 0 Å². The highest BCUT2D eigenvalue weighted by Gasteiger charge is 2.11. The smallest absolute Gasteiger partial charge is 0.306 e. The average molecular weight is 536 g/mol. The van der Waals surface area contributed by atoms with E-state index in [0.717, 1.165) is 0 Å². The number of hydrogen-bond acceptors (Lipinski definition) is 5. The monoisotopic (exact) mass is 534 g/mol. The van der Waals surface area contributed by atoms with Crippen molar-refractivity contribution in [3.8, 4) is 11.5 Å². The Kier molecular flexibility index (Phi) is 9.78. The van der Waals surface area contributed by atoms with E-state index in [9.17, 15) is 14.4 Å². The Labute approximate surface area is 217 Å². The van der Waals surface area contributed by atoms with Crippen LogP contribution >= 0.6 is 34.8 Å². The molecular formula is C25H21Cl3N2O5. The number of carbonyl (C=O) groups is 3. The van der Waals surface area contributed by atoms with E-state index in [1.54, 1.807) is 48.5 Å². The number of ether oxygens (including phenoxy) is 2. The van der Waals surface area contributed by atoms with Gasteiger partial charge in [-0.05, 0) is 61.0 Å². The summed E-state index contributed by atoms with van der Waals surface area (Å²) in [5, 5.41) is 6.47. The molecule has 7 nitrogen and oxygen atoms in total. The number of carbonyl (C=O) groups excluding carboxylic acids is 3. The Morgan fingerprint density at radius 1 is 0.771 bits per heavy atom. The lowest BCUT2D eigenvalue weighted by molar-refractivity contribution is -0.147. The minimum atomic E-state index is -0.587. The van der Waals surface area contributed by atoms with E-state index < -0.39 is 18.5 Å². The first-order chi connectivity index (χ1) is 16.8. The second-order valence-corrected chi connectivity index (χ2v) is 8.54. The third kappa shape index (κ3) is 8.79. The van der Waals surface area contributed by atoms with Crippen molar-refractivity contribution in [3.63, 3.8) is 0 Å². The van der Waals surface area contributed by atoms with E-state index in [0.29, 0.717) is 32.9 Å². The summed E-state index contributed by atoms with van der Waals surface area (Å²) in [6.07, 6.45) is 0.371. The van der Waals surface area contributed by atoms with Crippen molar-refractivity contribution in [1.29, 1.82) is 0 Å². The van der Waals surface area contributed by atoms with Gasteiger partial charge >= 0.3 is 5.97 Å². The van der Waals surface area contributed by atoms with Crippen LogP contribution in [0.15, 0.2) is 66.7 Å². The highest BCUT2D eigenvalue weighted by molar-refractivity contribution is 6.36. The molecule has 0 aliphatic carbocycles. The van der Waals surface area contributed by atoms with E-state index in [-0.39, 0.29) is 30.2 Å². The Morgan fingerprint density at radius 3 is 2.23 bits per heavy atom. The molecule has 0 radical (unpaired) electrons. The molecule has 35 heavy (non-hydrogen) atoms. The zero-order valence-electron chi connectivity index (χ0n) is 18.4. The molecule has 0 spiro atoms.